The van der Waals surface area contributed by atoms with Crippen LogP contribution in [0.5, 0.6) is 5.75 Å². The quantitative estimate of drug-likeness (QED) is 0.507. The first-order valence-electron chi connectivity index (χ1n) is 9.78. The van der Waals surface area contributed by atoms with Crippen LogP contribution in [-0.2, 0) is 0 Å². The van der Waals surface area contributed by atoms with Crippen LogP contribution in [0.3, 0.4) is 0 Å². The van der Waals surface area contributed by atoms with Gasteiger partial charge < -0.3 is 15.4 Å². The van der Waals surface area contributed by atoms with Crippen LogP contribution in [0.1, 0.15) is 25.7 Å². The van der Waals surface area contributed by atoms with E-state index in [-0.39, 0.29) is 5.75 Å². The molecule has 0 atom stereocenters. The molecule has 2 aromatic carbocycles. The van der Waals surface area contributed by atoms with E-state index in [9.17, 15) is 13.2 Å². The number of nitrogens with zero attached hydrogens (tertiary/aromatic N) is 2. The van der Waals surface area contributed by atoms with Gasteiger partial charge in [0.1, 0.15) is 11.6 Å². The van der Waals surface area contributed by atoms with Crippen LogP contribution in [0, 0.1) is 0 Å². The predicted molar refractivity (Wildman–Crippen MR) is 110 cm³/mol. The number of halogens is 3. The van der Waals surface area contributed by atoms with Crippen LogP contribution in [-0.4, -0.2) is 22.4 Å². The Bertz CT molecular complexity index is 989. The van der Waals surface area contributed by atoms with E-state index in [4.69, 9.17) is 0 Å². The highest BCUT2D eigenvalue weighted by atomic mass is 19.4. The fraction of sp³-hybridized carbons (Fsp3) is 0.273. The fourth-order valence-corrected chi connectivity index (χ4v) is 3.50. The summed E-state index contributed by atoms with van der Waals surface area (Å²) in [7, 11) is 0. The molecule has 0 aliphatic heterocycles. The van der Waals surface area contributed by atoms with E-state index in [2.05, 4.69) is 25.3 Å². The molecule has 1 aromatic heterocycles. The van der Waals surface area contributed by atoms with Crippen molar-refractivity contribution in [1.29, 1.82) is 0 Å². The Labute approximate surface area is 172 Å². The lowest BCUT2D eigenvalue weighted by Gasteiger charge is -2.15. The van der Waals surface area contributed by atoms with Crippen molar-refractivity contribution in [3.8, 4) is 17.0 Å². The van der Waals surface area contributed by atoms with Gasteiger partial charge in [-0.1, -0.05) is 49.2 Å². The summed E-state index contributed by atoms with van der Waals surface area (Å²) in [6.45, 7) is 0. The molecule has 0 bridgehead atoms. The van der Waals surface area contributed by atoms with Gasteiger partial charge in [0.2, 0.25) is 5.95 Å². The lowest BCUT2D eigenvalue weighted by Crippen LogP contribution is -2.17. The number of aromatic nitrogens is 2. The Kier molecular flexibility index (Phi) is 5.74. The summed E-state index contributed by atoms with van der Waals surface area (Å²) in [5.74, 6) is 0.677. The minimum Gasteiger partial charge on any atom is -0.406 e. The van der Waals surface area contributed by atoms with Crippen LogP contribution in [0.25, 0.3) is 11.3 Å². The van der Waals surface area contributed by atoms with Crippen LogP contribution >= 0.6 is 0 Å². The van der Waals surface area contributed by atoms with Gasteiger partial charge in [0.05, 0.1) is 5.69 Å². The van der Waals surface area contributed by atoms with Gasteiger partial charge in [-0.2, -0.15) is 4.98 Å². The lowest BCUT2D eigenvalue weighted by atomic mass is 10.1. The highest BCUT2D eigenvalue weighted by molar-refractivity contribution is 5.67. The van der Waals surface area contributed by atoms with Crippen molar-refractivity contribution in [3.63, 3.8) is 0 Å². The Morgan fingerprint density at radius 2 is 1.67 bits per heavy atom. The SMILES string of the molecule is FC(F)(F)Oc1cccc(Nc2cc(-c3ccccc3)nc(NC3CCCC3)n2)c1. The number of benzene rings is 2. The third-order valence-corrected chi connectivity index (χ3v) is 4.82. The van der Waals surface area contributed by atoms with Crippen molar-refractivity contribution in [3.05, 3.63) is 60.7 Å². The fourth-order valence-electron chi connectivity index (χ4n) is 3.50. The maximum absolute atomic E-state index is 12.5. The van der Waals surface area contributed by atoms with Crippen molar-refractivity contribution in [2.75, 3.05) is 10.6 Å². The van der Waals surface area contributed by atoms with Gasteiger partial charge in [0.15, 0.2) is 0 Å². The molecule has 1 fully saturated rings. The molecule has 2 N–H and O–H groups in total. The molecule has 0 radical (unpaired) electrons. The second kappa shape index (κ2) is 8.61. The zero-order valence-corrected chi connectivity index (χ0v) is 16.1. The zero-order valence-electron chi connectivity index (χ0n) is 16.1. The molecule has 8 heteroatoms. The summed E-state index contributed by atoms with van der Waals surface area (Å²) in [6.07, 6.45) is -0.260. The van der Waals surface area contributed by atoms with Crippen molar-refractivity contribution in [2.45, 2.75) is 38.1 Å². The normalized spacial score (nSPS) is 14.5. The van der Waals surface area contributed by atoms with E-state index in [1.807, 2.05) is 30.3 Å². The first-order valence-corrected chi connectivity index (χ1v) is 9.78. The number of hydrogen-bond donors (Lipinski definition) is 2. The van der Waals surface area contributed by atoms with E-state index in [0.29, 0.717) is 23.5 Å². The molecule has 30 heavy (non-hydrogen) atoms. The van der Waals surface area contributed by atoms with Gasteiger partial charge in [-0.3, -0.25) is 0 Å². The second-order valence-electron chi connectivity index (χ2n) is 7.15. The molecule has 3 aromatic rings. The number of rotatable bonds is 6. The van der Waals surface area contributed by atoms with Gasteiger partial charge in [0.25, 0.3) is 0 Å². The molecule has 1 aliphatic carbocycles. The number of anilines is 3. The van der Waals surface area contributed by atoms with E-state index in [1.54, 1.807) is 12.1 Å². The molecule has 5 nitrogen and oxygen atoms in total. The van der Waals surface area contributed by atoms with Crippen molar-refractivity contribution >= 4 is 17.5 Å². The Balaban J connectivity index is 1.62. The summed E-state index contributed by atoms with van der Waals surface area (Å²) < 4.78 is 41.5. The summed E-state index contributed by atoms with van der Waals surface area (Å²) in [5.41, 5.74) is 2.07. The maximum atomic E-state index is 12.5. The molecule has 0 spiro atoms. The van der Waals surface area contributed by atoms with Crippen molar-refractivity contribution < 1.29 is 17.9 Å². The minimum atomic E-state index is -4.74. The second-order valence-corrected chi connectivity index (χ2v) is 7.15. The van der Waals surface area contributed by atoms with E-state index >= 15 is 0 Å². The summed E-state index contributed by atoms with van der Waals surface area (Å²) in [6, 6.07) is 17.4. The molecule has 1 aliphatic rings. The molecule has 0 unspecified atom stereocenters. The van der Waals surface area contributed by atoms with Gasteiger partial charge in [-0.05, 0) is 25.0 Å². The van der Waals surface area contributed by atoms with E-state index in [0.717, 1.165) is 24.1 Å². The topological polar surface area (TPSA) is 59.1 Å². The molecule has 4 rings (SSSR count). The van der Waals surface area contributed by atoms with Crippen molar-refractivity contribution in [2.24, 2.45) is 0 Å². The first-order chi connectivity index (χ1) is 14.4. The molecule has 1 saturated carbocycles. The summed E-state index contributed by atoms with van der Waals surface area (Å²) >= 11 is 0. The molecule has 0 saturated heterocycles. The average molecular weight is 414 g/mol. The summed E-state index contributed by atoms with van der Waals surface area (Å²) in [5, 5.41) is 6.45. The minimum absolute atomic E-state index is 0.297. The van der Waals surface area contributed by atoms with Crippen LogP contribution < -0.4 is 15.4 Å². The van der Waals surface area contributed by atoms with E-state index < -0.39 is 6.36 Å². The van der Waals surface area contributed by atoms with Crippen LogP contribution in [0.2, 0.25) is 0 Å². The maximum Gasteiger partial charge on any atom is 0.573 e. The molecule has 156 valence electrons. The van der Waals surface area contributed by atoms with Gasteiger partial charge in [0, 0.05) is 29.4 Å². The van der Waals surface area contributed by atoms with Gasteiger partial charge in [-0.15, -0.1) is 13.2 Å². The van der Waals surface area contributed by atoms with Crippen molar-refractivity contribution in [1.82, 2.24) is 9.97 Å². The molecular weight excluding hydrogens is 393 g/mol. The summed E-state index contributed by atoms with van der Waals surface area (Å²) in [4.78, 5) is 9.16. The lowest BCUT2D eigenvalue weighted by molar-refractivity contribution is -0.274. The van der Waals surface area contributed by atoms with Crippen LogP contribution in [0.4, 0.5) is 30.6 Å². The Hall–Kier alpha value is -3.29. The highest BCUT2D eigenvalue weighted by Crippen LogP contribution is 2.29. The third-order valence-electron chi connectivity index (χ3n) is 4.82. The monoisotopic (exact) mass is 414 g/mol. The Morgan fingerprint density at radius 1 is 0.900 bits per heavy atom. The van der Waals surface area contributed by atoms with Gasteiger partial charge in [-0.25, -0.2) is 4.98 Å². The number of nitrogens with one attached hydrogen (secondary N) is 2. The average Bonchev–Trinajstić information content (AvgIpc) is 3.20. The first kappa shape index (κ1) is 20.0. The number of ether oxygens (including phenoxy) is 1. The van der Waals surface area contributed by atoms with Gasteiger partial charge >= 0.3 is 6.36 Å². The number of hydrogen-bond acceptors (Lipinski definition) is 5. The van der Waals surface area contributed by atoms with E-state index in [1.165, 1.54) is 31.0 Å². The third kappa shape index (κ3) is 5.40. The smallest absolute Gasteiger partial charge is 0.406 e. The molecule has 1 heterocycles. The standard InChI is InChI=1S/C22H21F3N4O/c23-22(24,25)30-18-12-6-11-17(13-18)26-20-14-19(15-7-2-1-3-8-15)28-21(29-20)27-16-9-4-5-10-16/h1-3,6-8,11-14,16H,4-5,9-10H2,(H2,26,27,28,29). The molecule has 0 amide bonds. The Morgan fingerprint density at radius 3 is 2.40 bits per heavy atom. The number of alkyl halides is 3. The van der Waals surface area contributed by atoms with Crippen LogP contribution in [0.15, 0.2) is 60.7 Å². The predicted octanol–water partition coefficient (Wildman–Crippen LogP) is 6.14. The largest absolute Gasteiger partial charge is 0.573 e. The highest BCUT2D eigenvalue weighted by Gasteiger charge is 2.31. The molecular formula is C22H21F3N4O. The zero-order chi connectivity index (χ0) is 21.0.